The molecule has 3 aliphatic rings. The number of hydrogen-bond donors (Lipinski definition) is 0. The number of esters is 2. The first-order valence-corrected chi connectivity index (χ1v) is 16.6. The summed E-state index contributed by atoms with van der Waals surface area (Å²) in [6, 6.07) is 19.0. The summed E-state index contributed by atoms with van der Waals surface area (Å²) in [6.07, 6.45) is 3.36. The van der Waals surface area contributed by atoms with Crippen LogP contribution < -0.4 is 23.7 Å². The Balaban J connectivity index is 1.31. The Morgan fingerprint density at radius 1 is 0.745 bits per heavy atom. The average Bonchev–Trinajstić information content (AvgIpc) is 3.04. The summed E-state index contributed by atoms with van der Waals surface area (Å²) >= 11 is 0. The average molecular weight is 640 g/mol. The predicted molar refractivity (Wildman–Crippen MR) is 181 cm³/mol. The molecule has 3 aliphatic heterocycles. The smallest absolute Gasteiger partial charge is 0.316 e. The van der Waals surface area contributed by atoms with E-state index in [1.807, 2.05) is 77.9 Å². The van der Waals surface area contributed by atoms with Gasteiger partial charge in [0.05, 0.1) is 10.8 Å². The van der Waals surface area contributed by atoms with Gasteiger partial charge < -0.3 is 23.7 Å². The van der Waals surface area contributed by atoms with Crippen LogP contribution in [0.4, 0.5) is 0 Å². The molecule has 3 heterocycles. The minimum atomic E-state index is -0.645. The lowest BCUT2D eigenvalue weighted by Crippen LogP contribution is -2.33. The maximum absolute atomic E-state index is 12.7. The van der Waals surface area contributed by atoms with E-state index >= 15 is 0 Å². The number of likely N-dealkylation sites (tertiary alicyclic amines) is 1. The first-order valence-electron chi connectivity index (χ1n) is 16.6. The molecule has 1 atom stereocenters. The lowest BCUT2D eigenvalue weighted by molar-refractivity contribution is -0.143. The highest BCUT2D eigenvalue weighted by Crippen LogP contribution is 2.52. The molecule has 1 fully saturated rings. The van der Waals surface area contributed by atoms with Gasteiger partial charge in [-0.05, 0) is 109 Å². The molecular formula is C39H45NO7. The number of fused-ring (bicyclic) bond motifs is 4. The zero-order valence-corrected chi connectivity index (χ0v) is 28.3. The second-order valence-electron chi connectivity index (χ2n) is 14.6. The van der Waals surface area contributed by atoms with Crippen LogP contribution in [0.3, 0.4) is 0 Å². The fraction of sp³-hybridized carbons (Fsp3) is 0.436. The summed E-state index contributed by atoms with van der Waals surface area (Å²) < 4.78 is 30.5. The highest BCUT2D eigenvalue weighted by Gasteiger charge is 2.36. The molecule has 0 aromatic heterocycles. The third-order valence-electron chi connectivity index (χ3n) is 8.68. The van der Waals surface area contributed by atoms with Gasteiger partial charge in [-0.25, -0.2) is 0 Å². The van der Waals surface area contributed by atoms with Crippen molar-refractivity contribution in [1.29, 1.82) is 0 Å². The summed E-state index contributed by atoms with van der Waals surface area (Å²) in [5, 5.41) is 0. The van der Waals surface area contributed by atoms with Gasteiger partial charge in [0, 0.05) is 41.0 Å². The number of piperidine rings is 1. The number of carbonyl (C=O) groups excluding carboxylic acids is 2. The second-order valence-corrected chi connectivity index (χ2v) is 14.6. The Morgan fingerprint density at radius 3 is 1.94 bits per heavy atom. The van der Waals surface area contributed by atoms with Gasteiger partial charge in [0.15, 0.2) is 6.10 Å². The van der Waals surface area contributed by atoms with E-state index in [2.05, 4.69) is 4.90 Å². The fourth-order valence-electron chi connectivity index (χ4n) is 5.89. The van der Waals surface area contributed by atoms with Crippen LogP contribution in [0, 0.1) is 10.8 Å². The molecule has 1 unspecified atom stereocenters. The highest BCUT2D eigenvalue weighted by atomic mass is 16.5. The number of hydrogen-bond acceptors (Lipinski definition) is 8. The quantitative estimate of drug-likeness (QED) is 0.191. The Morgan fingerprint density at radius 2 is 1.32 bits per heavy atom. The van der Waals surface area contributed by atoms with Crippen LogP contribution in [0.25, 0.3) is 11.1 Å². The lowest BCUT2D eigenvalue weighted by Gasteiger charge is -2.35. The Bertz CT molecular complexity index is 1670. The first-order chi connectivity index (χ1) is 22.4. The molecule has 1 saturated heterocycles. The topological polar surface area (TPSA) is 83.5 Å². The summed E-state index contributed by atoms with van der Waals surface area (Å²) in [7, 11) is 0. The Labute approximate surface area is 277 Å². The first kappa shape index (κ1) is 32.6. The van der Waals surface area contributed by atoms with Gasteiger partial charge in [0.2, 0.25) is 0 Å². The number of nitrogens with zero attached hydrogens (tertiary/aromatic N) is 1. The van der Waals surface area contributed by atoms with Gasteiger partial charge >= 0.3 is 11.9 Å². The molecule has 0 bridgehead atoms. The van der Waals surface area contributed by atoms with E-state index < -0.39 is 16.9 Å². The van der Waals surface area contributed by atoms with Crippen molar-refractivity contribution in [1.82, 2.24) is 4.90 Å². The van der Waals surface area contributed by atoms with Crippen LogP contribution in [-0.2, 0) is 9.59 Å². The van der Waals surface area contributed by atoms with Gasteiger partial charge in [-0.3, -0.25) is 14.5 Å². The molecule has 0 amide bonds. The lowest BCUT2D eigenvalue weighted by atomic mass is 9.84. The molecule has 0 aliphatic carbocycles. The monoisotopic (exact) mass is 639 g/mol. The molecular weight excluding hydrogens is 594 g/mol. The van der Waals surface area contributed by atoms with Crippen LogP contribution in [0.1, 0.15) is 83.6 Å². The summed E-state index contributed by atoms with van der Waals surface area (Å²) in [5.41, 5.74) is 3.36. The zero-order chi connectivity index (χ0) is 33.3. The summed E-state index contributed by atoms with van der Waals surface area (Å²) in [6.45, 7) is 15.1. The van der Waals surface area contributed by atoms with Crippen LogP contribution in [-0.4, -0.2) is 49.7 Å². The minimum absolute atomic E-state index is 0.296. The van der Waals surface area contributed by atoms with Crippen molar-refractivity contribution in [3.8, 4) is 28.7 Å². The van der Waals surface area contributed by atoms with E-state index in [1.165, 1.54) is 19.3 Å². The molecule has 248 valence electrons. The van der Waals surface area contributed by atoms with Crippen molar-refractivity contribution < 1.29 is 33.3 Å². The van der Waals surface area contributed by atoms with Crippen LogP contribution in [0.5, 0.6) is 28.7 Å². The van der Waals surface area contributed by atoms with Gasteiger partial charge in [0.25, 0.3) is 0 Å². The Kier molecular flexibility index (Phi) is 9.07. The molecule has 8 nitrogen and oxygen atoms in total. The van der Waals surface area contributed by atoms with Crippen LogP contribution in [0.15, 0.2) is 60.7 Å². The molecule has 6 rings (SSSR count). The molecule has 0 N–H and O–H groups in total. The van der Waals surface area contributed by atoms with Crippen molar-refractivity contribution in [2.75, 3.05) is 32.8 Å². The van der Waals surface area contributed by atoms with E-state index in [0.29, 0.717) is 36.2 Å². The summed E-state index contributed by atoms with van der Waals surface area (Å²) in [5.74, 6) is 2.25. The highest BCUT2D eigenvalue weighted by molar-refractivity contribution is 5.99. The Hall–Kier alpha value is -4.30. The van der Waals surface area contributed by atoms with Crippen LogP contribution >= 0.6 is 0 Å². The second kappa shape index (κ2) is 13.1. The van der Waals surface area contributed by atoms with E-state index in [4.69, 9.17) is 23.7 Å². The van der Waals surface area contributed by atoms with E-state index in [0.717, 1.165) is 53.2 Å². The maximum atomic E-state index is 12.7. The SMILES string of the molecule is CC(C)(C)C(=O)Oc1ccc2c(c1)OC(c1ccc(OCCN3CCCCC3)cc1)C1=C2COc2cc(OC(=O)C(C)(C)C)ccc21. The predicted octanol–water partition coefficient (Wildman–Crippen LogP) is 7.89. The van der Waals surface area contributed by atoms with Gasteiger partial charge in [0.1, 0.15) is 42.0 Å². The molecule has 0 saturated carbocycles. The van der Waals surface area contributed by atoms with Crippen molar-refractivity contribution in [3.05, 3.63) is 77.4 Å². The van der Waals surface area contributed by atoms with Crippen molar-refractivity contribution in [2.45, 2.75) is 66.9 Å². The van der Waals surface area contributed by atoms with Gasteiger partial charge in [-0.1, -0.05) is 18.6 Å². The largest absolute Gasteiger partial charge is 0.492 e. The molecule has 0 radical (unpaired) electrons. The third kappa shape index (κ3) is 7.33. The number of benzene rings is 3. The maximum Gasteiger partial charge on any atom is 0.316 e. The molecule has 3 aromatic rings. The van der Waals surface area contributed by atoms with Gasteiger partial charge in [-0.2, -0.15) is 0 Å². The third-order valence-corrected chi connectivity index (χ3v) is 8.68. The summed E-state index contributed by atoms with van der Waals surface area (Å²) in [4.78, 5) is 27.7. The number of carbonyl (C=O) groups is 2. The van der Waals surface area contributed by atoms with Gasteiger partial charge in [-0.15, -0.1) is 0 Å². The van der Waals surface area contributed by atoms with Crippen LogP contribution in [0.2, 0.25) is 0 Å². The standard InChI is InChI=1S/C39H45NO7/c1-38(2,3)36(41)45-27-15-17-30-32(22-27)44-24-31-29-16-14-28(46-37(42)39(4,5)6)23-33(29)47-35(34(30)31)25-10-12-26(13-11-25)43-21-20-40-18-8-7-9-19-40/h10-17,22-23,35H,7-9,18-21,24H2,1-6H3. The van der Waals surface area contributed by atoms with Crippen molar-refractivity contribution in [3.63, 3.8) is 0 Å². The molecule has 47 heavy (non-hydrogen) atoms. The van der Waals surface area contributed by atoms with E-state index in [-0.39, 0.29) is 11.9 Å². The molecule has 8 heteroatoms. The zero-order valence-electron chi connectivity index (χ0n) is 28.3. The fourth-order valence-corrected chi connectivity index (χ4v) is 5.89. The van der Waals surface area contributed by atoms with E-state index in [1.54, 1.807) is 24.3 Å². The molecule has 3 aromatic carbocycles. The number of rotatable bonds is 7. The van der Waals surface area contributed by atoms with Crippen molar-refractivity contribution in [2.24, 2.45) is 10.8 Å². The van der Waals surface area contributed by atoms with Crippen molar-refractivity contribution >= 4 is 23.1 Å². The van der Waals surface area contributed by atoms with E-state index in [9.17, 15) is 9.59 Å². The number of ether oxygens (including phenoxy) is 5. The molecule has 0 spiro atoms. The minimum Gasteiger partial charge on any atom is -0.492 e. The normalized spacial score (nSPS) is 17.8.